The highest BCUT2D eigenvalue weighted by Crippen LogP contribution is 2.39. The summed E-state index contributed by atoms with van der Waals surface area (Å²) in [5.74, 6) is -1.37. The maximum absolute atomic E-state index is 12.8. The van der Waals surface area contributed by atoms with E-state index >= 15 is 0 Å². The molecule has 0 bridgehead atoms. The monoisotopic (exact) mass is 452 g/mol. The minimum absolute atomic E-state index is 0.0916. The molecule has 1 aromatic carbocycles. The zero-order valence-electron chi connectivity index (χ0n) is 18.5. The molecule has 174 valence electrons. The van der Waals surface area contributed by atoms with Crippen molar-refractivity contribution in [2.75, 3.05) is 32.7 Å². The summed E-state index contributed by atoms with van der Waals surface area (Å²) < 4.78 is 0. The van der Waals surface area contributed by atoms with Crippen molar-refractivity contribution in [2.45, 2.75) is 32.1 Å². The van der Waals surface area contributed by atoms with E-state index in [1.807, 2.05) is 4.90 Å². The molecular formula is C24H28N4O5. The van der Waals surface area contributed by atoms with Crippen molar-refractivity contribution < 1.29 is 24.0 Å². The van der Waals surface area contributed by atoms with Gasteiger partial charge >= 0.3 is 0 Å². The lowest BCUT2D eigenvalue weighted by Crippen LogP contribution is -2.48. The third-order valence-corrected chi connectivity index (χ3v) is 6.83. The van der Waals surface area contributed by atoms with Crippen LogP contribution in [0.2, 0.25) is 0 Å². The highest BCUT2D eigenvalue weighted by Gasteiger charge is 2.44. The Morgan fingerprint density at radius 2 is 1.61 bits per heavy atom. The smallest absolute Gasteiger partial charge is 0.248 e. The average Bonchev–Trinajstić information content (AvgIpc) is 3.36. The number of amides is 5. The molecule has 1 spiro atoms. The molecule has 0 saturated carbocycles. The summed E-state index contributed by atoms with van der Waals surface area (Å²) in [4.78, 5) is 64.9. The van der Waals surface area contributed by atoms with Crippen LogP contribution in [0.1, 0.15) is 48.0 Å². The van der Waals surface area contributed by atoms with Gasteiger partial charge in [0, 0.05) is 56.1 Å². The van der Waals surface area contributed by atoms with Gasteiger partial charge in [-0.05, 0) is 43.0 Å². The average molecular weight is 453 g/mol. The van der Waals surface area contributed by atoms with E-state index in [4.69, 9.17) is 5.73 Å². The third-order valence-electron chi connectivity index (χ3n) is 6.83. The van der Waals surface area contributed by atoms with E-state index < -0.39 is 5.91 Å². The van der Waals surface area contributed by atoms with Crippen molar-refractivity contribution in [1.29, 1.82) is 0 Å². The van der Waals surface area contributed by atoms with Crippen molar-refractivity contribution in [2.24, 2.45) is 11.1 Å². The maximum atomic E-state index is 12.8. The molecule has 0 aromatic heterocycles. The number of hydrogen-bond acceptors (Lipinski definition) is 5. The Hall–Kier alpha value is -3.49. The van der Waals surface area contributed by atoms with Gasteiger partial charge < -0.3 is 15.5 Å². The van der Waals surface area contributed by atoms with Crippen molar-refractivity contribution in [3.05, 3.63) is 41.5 Å². The number of hydrogen-bond donors (Lipinski definition) is 1. The van der Waals surface area contributed by atoms with Crippen LogP contribution in [-0.2, 0) is 19.2 Å². The Morgan fingerprint density at radius 1 is 0.939 bits per heavy atom. The predicted octanol–water partition coefficient (Wildman–Crippen LogP) is 0.789. The van der Waals surface area contributed by atoms with Crippen LogP contribution in [0.4, 0.5) is 0 Å². The van der Waals surface area contributed by atoms with Crippen molar-refractivity contribution in [3.8, 4) is 0 Å². The minimum Gasteiger partial charge on any atom is -0.366 e. The van der Waals surface area contributed by atoms with E-state index in [2.05, 4.69) is 0 Å². The molecule has 5 amide bonds. The fourth-order valence-electron chi connectivity index (χ4n) is 4.94. The normalized spacial score (nSPS) is 23.2. The number of piperidine rings is 1. The zero-order chi connectivity index (χ0) is 23.6. The van der Waals surface area contributed by atoms with Gasteiger partial charge in [0.1, 0.15) is 6.54 Å². The molecule has 1 unspecified atom stereocenters. The molecule has 1 aromatic rings. The molecule has 0 aliphatic carbocycles. The number of nitrogens with zero attached hydrogens (tertiary/aromatic N) is 3. The first-order valence-corrected chi connectivity index (χ1v) is 11.2. The second kappa shape index (κ2) is 9.17. The molecule has 3 saturated heterocycles. The Morgan fingerprint density at radius 3 is 2.27 bits per heavy atom. The quantitative estimate of drug-likeness (QED) is 0.523. The van der Waals surface area contributed by atoms with Crippen molar-refractivity contribution in [3.63, 3.8) is 0 Å². The molecule has 0 radical (unpaired) electrons. The number of carbonyl (C=O) groups excluding carboxylic acids is 5. The summed E-state index contributed by atoms with van der Waals surface area (Å²) in [6, 6.07) is 6.71. The van der Waals surface area contributed by atoms with Gasteiger partial charge in [-0.25, -0.2) is 0 Å². The number of nitrogens with two attached hydrogens (primary N) is 1. The second-order valence-electron chi connectivity index (χ2n) is 9.12. The molecular weight excluding hydrogens is 424 g/mol. The third kappa shape index (κ3) is 4.97. The Bertz CT molecular complexity index is 1000. The summed E-state index contributed by atoms with van der Waals surface area (Å²) in [7, 11) is 0. The lowest BCUT2D eigenvalue weighted by Gasteiger charge is -2.40. The lowest BCUT2D eigenvalue weighted by atomic mass is 9.79. The van der Waals surface area contributed by atoms with Crippen LogP contribution in [-0.4, -0.2) is 77.0 Å². The number of rotatable bonds is 5. The van der Waals surface area contributed by atoms with Crippen LogP contribution in [0.25, 0.3) is 6.08 Å². The van der Waals surface area contributed by atoms with Gasteiger partial charge in [-0.2, -0.15) is 0 Å². The lowest BCUT2D eigenvalue weighted by molar-refractivity contribution is -0.145. The van der Waals surface area contributed by atoms with Crippen LogP contribution < -0.4 is 5.73 Å². The number of likely N-dealkylation sites (tertiary alicyclic amines) is 3. The molecule has 1 atom stereocenters. The van der Waals surface area contributed by atoms with Crippen molar-refractivity contribution in [1.82, 2.24) is 14.7 Å². The molecule has 3 fully saturated rings. The van der Waals surface area contributed by atoms with E-state index in [1.165, 1.54) is 6.08 Å². The van der Waals surface area contributed by atoms with Gasteiger partial charge in [-0.15, -0.1) is 0 Å². The largest absolute Gasteiger partial charge is 0.366 e. The van der Waals surface area contributed by atoms with E-state index in [0.717, 1.165) is 29.7 Å². The minimum atomic E-state index is -0.497. The van der Waals surface area contributed by atoms with E-state index in [0.29, 0.717) is 31.7 Å². The molecule has 33 heavy (non-hydrogen) atoms. The first kappa shape index (κ1) is 22.7. The Labute approximate surface area is 192 Å². The number of primary amides is 1. The number of imide groups is 1. The number of benzene rings is 1. The van der Waals surface area contributed by atoms with Crippen LogP contribution in [0.15, 0.2) is 30.3 Å². The molecule has 9 heteroatoms. The first-order valence-electron chi connectivity index (χ1n) is 11.2. The Kier molecular flexibility index (Phi) is 6.31. The molecule has 2 N–H and O–H groups in total. The summed E-state index contributed by atoms with van der Waals surface area (Å²) in [5, 5.41) is 0. The molecule has 3 aliphatic rings. The van der Waals surface area contributed by atoms with Gasteiger partial charge in [0.2, 0.25) is 29.5 Å². The molecule has 9 nitrogen and oxygen atoms in total. The standard InChI is InChI=1S/C24H28N4O5/c25-23(33)18-5-2-17(3-6-18)4-7-19(29)26-12-1-10-24(15-26)11-13-27(16-24)22(32)14-28-20(30)8-9-21(28)31/h2-7H,1,8-16H2,(H2,25,33)/b7-4+. The summed E-state index contributed by atoms with van der Waals surface area (Å²) in [6.45, 7) is 2.15. The van der Waals surface area contributed by atoms with Gasteiger partial charge in [0.05, 0.1) is 0 Å². The SMILES string of the molecule is NC(=O)c1ccc(/C=C/C(=O)N2CCCC3(CCN(C(=O)CN4C(=O)CCC4=O)C3)C2)cc1. The van der Waals surface area contributed by atoms with Gasteiger partial charge in [-0.3, -0.25) is 28.9 Å². The van der Waals surface area contributed by atoms with E-state index in [9.17, 15) is 24.0 Å². The second-order valence-corrected chi connectivity index (χ2v) is 9.12. The molecule has 3 heterocycles. The maximum Gasteiger partial charge on any atom is 0.248 e. The molecule has 3 aliphatic heterocycles. The Balaban J connectivity index is 1.34. The van der Waals surface area contributed by atoms with E-state index in [-0.39, 0.29) is 48.4 Å². The van der Waals surface area contributed by atoms with Gasteiger partial charge in [0.15, 0.2) is 0 Å². The number of carbonyl (C=O) groups is 5. The predicted molar refractivity (Wildman–Crippen MR) is 119 cm³/mol. The van der Waals surface area contributed by atoms with Crippen LogP contribution >= 0.6 is 0 Å². The van der Waals surface area contributed by atoms with Crippen molar-refractivity contribution >= 4 is 35.6 Å². The zero-order valence-corrected chi connectivity index (χ0v) is 18.5. The summed E-state index contributed by atoms with van der Waals surface area (Å²) in [5.41, 5.74) is 6.30. The topological polar surface area (TPSA) is 121 Å². The highest BCUT2D eigenvalue weighted by atomic mass is 16.2. The highest BCUT2D eigenvalue weighted by molar-refractivity contribution is 6.04. The van der Waals surface area contributed by atoms with E-state index in [1.54, 1.807) is 35.2 Å². The van der Waals surface area contributed by atoms with Crippen LogP contribution in [0.5, 0.6) is 0 Å². The fourth-order valence-corrected chi connectivity index (χ4v) is 4.94. The van der Waals surface area contributed by atoms with Crippen LogP contribution in [0, 0.1) is 5.41 Å². The van der Waals surface area contributed by atoms with Gasteiger partial charge in [-0.1, -0.05) is 12.1 Å². The van der Waals surface area contributed by atoms with Gasteiger partial charge in [0.25, 0.3) is 0 Å². The summed E-state index contributed by atoms with van der Waals surface area (Å²) in [6.07, 6.45) is 6.18. The molecule has 4 rings (SSSR count). The van der Waals surface area contributed by atoms with Crippen LogP contribution in [0.3, 0.4) is 0 Å². The fraction of sp³-hybridized carbons (Fsp3) is 0.458. The first-order chi connectivity index (χ1) is 15.8. The summed E-state index contributed by atoms with van der Waals surface area (Å²) >= 11 is 0.